The number of aromatic nitrogens is 2. The Morgan fingerprint density at radius 1 is 1.38 bits per heavy atom. The maximum absolute atomic E-state index is 11.5. The van der Waals surface area contributed by atoms with Crippen LogP contribution in [0.1, 0.15) is 29.6 Å². The fourth-order valence-corrected chi connectivity index (χ4v) is 1.90. The van der Waals surface area contributed by atoms with E-state index in [1.807, 2.05) is 0 Å². The van der Waals surface area contributed by atoms with Crippen LogP contribution in [0, 0.1) is 0 Å². The van der Waals surface area contributed by atoms with Gasteiger partial charge in [-0.3, -0.25) is 4.79 Å². The first-order chi connectivity index (χ1) is 7.81. The summed E-state index contributed by atoms with van der Waals surface area (Å²) >= 11 is 0. The van der Waals surface area contributed by atoms with E-state index in [2.05, 4.69) is 20.4 Å². The normalized spacial score (nSPS) is 15.9. The Morgan fingerprint density at radius 2 is 2.12 bits per heavy atom. The van der Waals surface area contributed by atoms with E-state index in [1.165, 1.54) is 25.5 Å². The third kappa shape index (κ3) is 2.29. The van der Waals surface area contributed by atoms with E-state index in [0.29, 0.717) is 5.56 Å². The molecule has 1 fully saturated rings. The van der Waals surface area contributed by atoms with Gasteiger partial charge in [-0.25, -0.2) is 0 Å². The van der Waals surface area contributed by atoms with Crippen molar-refractivity contribution in [1.29, 1.82) is 0 Å². The van der Waals surface area contributed by atoms with Crippen LogP contribution in [-0.4, -0.2) is 36.2 Å². The maximum atomic E-state index is 11.5. The highest BCUT2D eigenvalue weighted by molar-refractivity contribution is 5.94. The molecule has 2 rings (SSSR count). The molecule has 1 aromatic heterocycles. The van der Waals surface area contributed by atoms with Gasteiger partial charge in [0.15, 0.2) is 5.82 Å². The molecule has 1 N–H and O–H groups in total. The third-order valence-electron chi connectivity index (χ3n) is 2.81. The average Bonchev–Trinajstić information content (AvgIpc) is 2.39. The van der Waals surface area contributed by atoms with Gasteiger partial charge in [-0.1, -0.05) is 0 Å². The standard InChI is InChI=1S/C11H16N4O/c1-12-11(16)9-7-10(14-13-8-9)15-5-3-2-4-6-15/h7-8H,2-6H2,1H3,(H,12,16). The maximum Gasteiger partial charge on any atom is 0.252 e. The average molecular weight is 220 g/mol. The van der Waals surface area contributed by atoms with E-state index in [0.717, 1.165) is 18.9 Å². The lowest BCUT2D eigenvalue weighted by Gasteiger charge is -2.27. The molecule has 1 amide bonds. The highest BCUT2D eigenvalue weighted by Gasteiger charge is 2.14. The predicted molar refractivity (Wildman–Crippen MR) is 61.5 cm³/mol. The molecule has 5 heteroatoms. The van der Waals surface area contributed by atoms with Crippen LogP contribution < -0.4 is 10.2 Å². The minimum absolute atomic E-state index is 0.117. The van der Waals surface area contributed by atoms with Gasteiger partial charge in [0.25, 0.3) is 5.91 Å². The summed E-state index contributed by atoms with van der Waals surface area (Å²) in [5.41, 5.74) is 0.568. The predicted octanol–water partition coefficient (Wildman–Crippen LogP) is 0.826. The number of amides is 1. The highest BCUT2D eigenvalue weighted by atomic mass is 16.1. The summed E-state index contributed by atoms with van der Waals surface area (Å²) in [7, 11) is 1.61. The summed E-state index contributed by atoms with van der Waals surface area (Å²) in [6, 6.07) is 1.80. The first kappa shape index (κ1) is 10.9. The molecule has 0 unspecified atom stereocenters. The van der Waals surface area contributed by atoms with Crippen molar-refractivity contribution in [2.75, 3.05) is 25.0 Å². The molecule has 0 radical (unpaired) electrons. The minimum Gasteiger partial charge on any atom is -0.355 e. The third-order valence-corrected chi connectivity index (χ3v) is 2.81. The molecular weight excluding hydrogens is 204 g/mol. The van der Waals surface area contributed by atoms with Crippen molar-refractivity contribution >= 4 is 11.7 Å². The first-order valence-electron chi connectivity index (χ1n) is 5.61. The molecule has 0 aliphatic carbocycles. The SMILES string of the molecule is CNC(=O)c1cnnc(N2CCCCC2)c1. The van der Waals surface area contributed by atoms with E-state index in [-0.39, 0.29) is 5.91 Å². The molecule has 0 bridgehead atoms. The minimum atomic E-state index is -0.117. The van der Waals surface area contributed by atoms with Gasteiger partial charge in [0, 0.05) is 20.1 Å². The van der Waals surface area contributed by atoms with Crippen LogP contribution in [0.2, 0.25) is 0 Å². The van der Waals surface area contributed by atoms with E-state index >= 15 is 0 Å². The van der Waals surface area contributed by atoms with Gasteiger partial charge in [-0.05, 0) is 25.3 Å². The van der Waals surface area contributed by atoms with Gasteiger partial charge in [-0.2, -0.15) is 5.10 Å². The molecule has 1 aromatic rings. The number of nitrogens with one attached hydrogen (secondary N) is 1. The lowest BCUT2D eigenvalue weighted by molar-refractivity contribution is 0.0962. The van der Waals surface area contributed by atoms with E-state index < -0.39 is 0 Å². The summed E-state index contributed by atoms with van der Waals surface area (Å²) < 4.78 is 0. The molecule has 1 aliphatic rings. The molecular formula is C11H16N4O. The van der Waals surface area contributed by atoms with E-state index in [1.54, 1.807) is 13.1 Å². The summed E-state index contributed by atoms with van der Waals surface area (Å²) in [5, 5.41) is 10.5. The van der Waals surface area contributed by atoms with Crippen LogP contribution in [-0.2, 0) is 0 Å². The largest absolute Gasteiger partial charge is 0.355 e. The van der Waals surface area contributed by atoms with Crippen LogP contribution in [0.25, 0.3) is 0 Å². The van der Waals surface area contributed by atoms with Gasteiger partial charge in [0.1, 0.15) is 0 Å². The number of hydrogen-bond acceptors (Lipinski definition) is 4. The summed E-state index contributed by atoms with van der Waals surface area (Å²) in [5.74, 6) is 0.689. The summed E-state index contributed by atoms with van der Waals surface area (Å²) in [6.45, 7) is 2.01. The van der Waals surface area contributed by atoms with E-state index in [4.69, 9.17) is 0 Å². The Bertz CT molecular complexity index is 374. The number of carbonyl (C=O) groups excluding carboxylic acids is 1. The lowest BCUT2D eigenvalue weighted by atomic mass is 10.1. The zero-order chi connectivity index (χ0) is 11.4. The van der Waals surface area contributed by atoms with Crippen LogP contribution in [0.5, 0.6) is 0 Å². The number of nitrogens with zero attached hydrogens (tertiary/aromatic N) is 3. The number of piperidine rings is 1. The zero-order valence-electron chi connectivity index (χ0n) is 9.44. The fraction of sp³-hybridized carbons (Fsp3) is 0.545. The van der Waals surface area contributed by atoms with Crippen LogP contribution in [0.3, 0.4) is 0 Å². The smallest absolute Gasteiger partial charge is 0.252 e. The molecule has 1 saturated heterocycles. The van der Waals surface area contributed by atoms with Crippen molar-refractivity contribution in [3.63, 3.8) is 0 Å². The molecule has 2 heterocycles. The van der Waals surface area contributed by atoms with Gasteiger partial charge < -0.3 is 10.2 Å². The number of carbonyl (C=O) groups is 1. The zero-order valence-corrected chi connectivity index (χ0v) is 9.44. The van der Waals surface area contributed by atoms with Crippen molar-refractivity contribution in [3.8, 4) is 0 Å². The van der Waals surface area contributed by atoms with Crippen molar-refractivity contribution in [2.45, 2.75) is 19.3 Å². The Labute approximate surface area is 94.9 Å². The number of anilines is 1. The molecule has 0 atom stereocenters. The van der Waals surface area contributed by atoms with Gasteiger partial charge in [0.05, 0.1) is 11.8 Å². The van der Waals surface area contributed by atoms with Crippen molar-refractivity contribution in [1.82, 2.24) is 15.5 Å². The molecule has 0 aromatic carbocycles. The van der Waals surface area contributed by atoms with Crippen molar-refractivity contribution < 1.29 is 4.79 Å². The van der Waals surface area contributed by atoms with Gasteiger partial charge in [-0.15, -0.1) is 5.10 Å². The second-order valence-electron chi connectivity index (χ2n) is 3.93. The second-order valence-corrected chi connectivity index (χ2v) is 3.93. The Hall–Kier alpha value is -1.65. The second kappa shape index (κ2) is 4.92. The Balaban J connectivity index is 2.17. The fourth-order valence-electron chi connectivity index (χ4n) is 1.90. The number of hydrogen-bond donors (Lipinski definition) is 1. The lowest BCUT2D eigenvalue weighted by Crippen LogP contribution is -2.30. The Morgan fingerprint density at radius 3 is 2.81 bits per heavy atom. The van der Waals surface area contributed by atoms with Gasteiger partial charge in [0.2, 0.25) is 0 Å². The Kier molecular flexibility index (Phi) is 3.34. The van der Waals surface area contributed by atoms with E-state index in [9.17, 15) is 4.79 Å². The molecule has 16 heavy (non-hydrogen) atoms. The van der Waals surface area contributed by atoms with Crippen LogP contribution in [0.4, 0.5) is 5.82 Å². The molecule has 0 saturated carbocycles. The molecule has 5 nitrogen and oxygen atoms in total. The number of rotatable bonds is 2. The quantitative estimate of drug-likeness (QED) is 0.802. The van der Waals surface area contributed by atoms with Crippen LogP contribution >= 0.6 is 0 Å². The first-order valence-corrected chi connectivity index (χ1v) is 5.61. The summed E-state index contributed by atoms with van der Waals surface area (Å²) in [4.78, 5) is 13.6. The molecule has 86 valence electrons. The highest BCUT2D eigenvalue weighted by Crippen LogP contribution is 2.17. The monoisotopic (exact) mass is 220 g/mol. The topological polar surface area (TPSA) is 58.1 Å². The molecule has 1 aliphatic heterocycles. The van der Waals surface area contributed by atoms with Crippen molar-refractivity contribution in [2.24, 2.45) is 0 Å². The molecule has 0 spiro atoms. The summed E-state index contributed by atoms with van der Waals surface area (Å²) in [6.07, 6.45) is 5.14. The van der Waals surface area contributed by atoms with Crippen molar-refractivity contribution in [3.05, 3.63) is 17.8 Å². The van der Waals surface area contributed by atoms with Gasteiger partial charge >= 0.3 is 0 Å². The van der Waals surface area contributed by atoms with Crippen LogP contribution in [0.15, 0.2) is 12.3 Å².